The lowest BCUT2D eigenvalue weighted by Gasteiger charge is -2.20. The van der Waals surface area contributed by atoms with Gasteiger partial charge in [-0.1, -0.05) is 70.5 Å². The molecule has 1 aromatic rings. The van der Waals surface area contributed by atoms with Gasteiger partial charge in [0, 0.05) is 17.9 Å². The second-order valence-electron chi connectivity index (χ2n) is 8.41. The lowest BCUT2D eigenvalue weighted by Crippen LogP contribution is -2.23. The van der Waals surface area contributed by atoms with Crippen molar-refractivity contribution in [3.8, 4) is 0 Å². The molecular formula is C25H39ClO4. The van der Waals surface area contributed by atoms with Crippen molar-refractivity contribution < 1.29 is 19.1 Å². The molecule has 30 heavy (non-hydrogen) atoms. The number of halogens is 1. The van der Waals surface area contributed by atoms with Crippen LogP contribution < -0.4 is 0 Å². The van der Waals surface area contributed by atoms with Crippen molar-refractivity contribution in [1.82, 2.24) is 0 Å². The molecule has 170 valence electrons. The first-order valence-corrected chi connectivity index (χ1v) is 11.8. The summed E-state index contributed by atoms with van der Waals surface area (Å²) >= 11 is 5.94. The van der Waals surface area contributed by atoms with Crippen LogP contribution in [-0.4, -0.2) is 18.0 Å². The first-order valence-electron chi connectivity index (χ1n) is 11.4. The summed E-state index contributed by atoms with van der Waals surface area (Å²) in [4.78, 5) is 23.9. The lowest BCUT2D eigenvalue weighted by atomic mass is 10.0. The minimum Gasteiger partial charge on any atom is -0.462 e. The largest absolute Gasteiger partial charge is 0.462 e. The standard InChI is InChI=1S/C25H39ClO4/c1-5-12-23(19(2)3)30-25(28)14-11-9-7-6-8-10-13-24(27)29-18-21-15-16-22(26)17-20(21)4/h15-17,19,23H,5-14,18H2,1-4H3. The summed E-state index contributed by atoms with van der Waals surface area (Å²) in [5, 5.41) is 0.690. The minimum absolute atomic E-state index is 0.0471. The van der Waals surface area contributed by atoms with Crippen LogP contribution in [0.3, 0.4) is 0 Å². The Morgan fingerprint density at radius 1 is 0.967 bits per heavy atom. The summed E-state index contributed by atoms with van der Waals surface area (Å²) in [6.45, 7) is 8.57. The monoisotopic (exact) mass is 438 g/mol. The molecule has 1 unspecified atom stereocenters. The SMILES string of the molecule is CCCC(OC(=O)CCCCCCCCC(=O)OCc1ccc(Cl)cc1C)C(C)C. The van der Waals surface area contributed by atoms with E-state index in [0.717, 1.165) is 62.5 Å². The molecule has 0 aromatic heterocycles. The molecule has 1 atom stereocenters. The van der Waals surface area contributed by atoms with E-state index in [1.807, 2.05) is 25.1 Å². The molecule has 1 aromatic carbocycles. The molecular weight excluding hydrogens is 400 g/mol. The van der Waals surface area contributed by atoms with Gasteiger partial charge in [-0.15, -0.1) is 0 Å². The Morgan fingerprint density at radius 2 is 1.57 bits per heavy atom. The summed E-state index contributed by atoms with van der Waals surface area (Å²) in [6, 6.07) is 5.58. The average molecular weight is 439 g/mol. The van der Waals surface area contributed by atoms with Crippen molar-refractivity contribution >= 4 is 23.5 Å². The Kier molecular flexibility index (Phi) is 13.5. The van der Waals surface area contributed by atoms with Crippen molar-refractivity contribution in [2.75, 3.05) is 0 Å². The van der Waals surface area contributed by atoms with Crippen molar-refractivity contribution in [3.63, 3.8) is 0 Å². The molecule has 0 fully saturated rings. The highest BCUT2D eigenvalue weighted by Gasteiger charge is 2.16. The van der Waals surface area contributed by atoms with E-state index in [0.29, 0.717) is 30.4 Å². The zero-order valence-corrected chi connectivity index (χ0v) is 19.9. The van der Waals surface area contributed by atoms with E-state index in [2.05, 4.69) is 20.8 Å². The maximum atomic E-state index is 12.0. The van der Waals surface area contributed by atoms with E-state index in [1.54, 1.807) is 0 Å². The third-order valence-corrected chi connectivity index (χ3v) is 5.54. The second kappa shape index (κ2) is 15.3. The quantitative estimate of drug-likeness (QED) is 0.215. The topological polar surface area (TPSA) is 52.6 Å². The number of esters is 2. The lowest BCUT2D eigenvalue weighted by molar-refractivity contribution is -0.152. The number of benzene rings is 1. The smallest absolute Gasteiger partial charge is 0.306 e. The molecule has 0 aliphatic heterocycles. The molecule has 4 nitrogen and oxygen atoms in total. The van der Waals surface area contributed by atoms with E-state index >= 15 is 0 Å². The third kappa shape index (κ3) is 11.6. The normalized spacial score (nSPS) is 12.1. The van der Waals surface area contributed by atoms with Crippen LogP contribution in [0.2, 0.25) is 5.02 Å². The van der Waals surface area contributed by atoms with Gasteiger partial charge in [-0.05, 0) is 55.4 Å². The fourth-order valence-electron chi connectivity index (χ4n) is 3.34. The van der Waals surface area contributed by atoms with Crippen molar-refractivity contribution in [2.45, 2.75) is 105 Å². The van der Waals surface area contributed by atoms with Crippen LogP contribution in [0, 0.1) is 12.8 Å². The van der Waals surface area contributed by atoms with Gasteiger partial charge < -0.3 is 9.47 Å². The fraction of sp³-hybridized carbons (Fsp3) is 0.680. The van der Waals surface area contributed by atoms with Crippen molar-refractivity contribution in [2.24, 2.45) is 5.92 Å². The average Bonchev–Trinajstić information content (AvgIpc) is 2.68. The van der Waals surface area contributed by atoms with Crippen LogP contribution in [0.5, 0.6) is 0 Å². The van der Waals surface area contributed by atoms with Gasteiger partial charge in [-0.2, -0.15) is 0 Å². The number of carbonyl (C=O) groups excluding carboxylic acids is 2. The van der Waals surface area contributed by atoms with Crippen molar-refractivity contribution in [1.29, 1.82) is 0 Å². The molecule has 5 heteroatoms. The highest BCUT2D eigenvalue weighted by Crippen LogP contribution is 2.17. The molecule has 0 heterocycles. The molecule has 0 N–H and O–H groups in total. The van der Waals surface area contributed by atoms with E-state index < -0.39 is 0 Å². The van der Waals surface area contributed by atoms with Crippen LogP contribution in [0.15, 0.2) is 18.2 Å². The van der Waals surface area contributed by atoms with Gasteiger partial charge in [-0.3, -0.25) is 9.59 Å². The summed E-state index contributed by atoms with van der Waals surface area (Å²) in [6.07, 6.45) is 8.86. The number of unbranched alkanes of at least 4 members (excludes halogenated alkanes) is 5. The predicted octanol–water partition coefficient (Wildman–Crippen LogP) is 7.18. The van der Waals surface area contributed by atoms with Gasteiger partial charge >= 0.3 is 11.9 Å². The molecule has 0 bridgehead atoms. The van der Waals surface area contributed by atoms with Gasteiger partial charge in [0.05, 0.1) is 0 Å². The van der Waals surface area contributed by atoms with Gasteiger partial charge in [0.2, 0.25) is 0 Å². The van der Waals surface area contributed by atoms with Crippen LogP contribution in [0.4, 0.5) is 0 Å². The molecule has 0 radical (unpaired) electrons. The number of hydrogen-bond donors (Lipinski definition) is 0. The Labute approximate surface area is 187 Å². The summed E-state index contributed by atoms with van der Waals surface area (Å²) in [5.41, 5.74) is 2.02. The van der Waals surface area contributed by atoms with Gasteiger partial charge in [0.15, 0.2) is 0 Å². The molecule has 0 spiro atoms. The Balaban J connectivity index is 2.03. The van der Waals surface area contributed by atoms with E-state index in [-0.39, 0.29) is 18.0 Å². The molecule has 0 aliphatic rings. The Morgan fingerprint density at radius 3 is 2.13 bits per heavy atom. The fourth-order valence-corrected chi connectivity index (χ4v) is 3.56. The maximum Gasteiger partial charge on any atom is 0.306 e. The molecule has 1 rings (SSSR count). The summed E-state index contributed by atoms with van der Waals surface area (Å²) < 4.78 is 10.9. The maximum absolute atomic E-state index is 12.0. The van der Waals surface area contributed by atoms with E-state index in [9.17, 15) is 9.59 Å². The van der Waals surface area contributed by atoms with Crippen LogP contribution >= 0.6 is 11.6 Å². The molecule has 0 aliphatic carbocycles. The van der Waals surface area contributed by atoms with E-state index in [4.69, 9.17) is 21.1 Å². The Bertz CT molecular complexity index is 642. The zero-order chi connectivity index (χ0) is 22.4. The number of aryl methyl sites for hydroxylation is 1. The van der Waals surface area contributed by atoms with E-state index in [1.165, 1.54) is 0 Å². The zero-order valence-electron chi connectivity index (χ0n) is 19.2. The third-order valence-electron chi connectivity index (χ3n) is 5.30. The summed E-state index contributed by atoms with van der Waals surface area (Å²) in [5.74, 6) is 0.149. The molecule has 0 saturated carbocycles. The predicted molar refractivity (Wildman–Crippen MR) is 123 cm³/mol. The highest BCUT2D eigenvalue weighted by atomic mass is 35.5. The number of ether oxygens (including phenoxy) is 2. The number of rotatable bonds is 15. The highest BCUT2D eigenvalue weighted by molar-refractivity contribution is 6.30. The van der Waals surface area contributed by atoms with Crippen molar-refractivity contribution in [3.05, 3.63) is 34.3 Å². The molecule has 0 amide bonds. The summed E-state index contributed by atoms with van der Waals surface area (Å²) in [7, 11) is 0. The second-order valence-corrected chi connectivity index (χ2v) is 8.85. The van der Waals surface area contributed by atoms with Gasteiger partial charge in [-0.25, -0.2) is 0 Å². The minimum atomic E-state index is -0.154. The Hall–Kier alpha value is -1.55. The van der Waals surface area contributed by atoms with Crippen LogP contribution in [0.25, 0.3) is 0 Å². The van der Waals surface area contributed by atoms with Crippen LogP contribution in [0.1, 0.15) is 96.1 Å². The van der Waals surface area contributed by atoms with Gasteiger partial charge in [0.25, 0.3) is 0 Å². The number of carbonyl (C=O) groups is 2. The first-order chi connectivity index (χ1) is 14.3. The molecule has 0 saturated heterocycles. The number of hydrogen-bond acceptors (Lipinski definition) is 4. The van der Waals surface area contributed by atoms with Gasteiger partial charge in [0.1, 0.15) is 12.7 Å². The van der Waals surface area contributed by atoms with Crippen LogP contribution in [-0.2, 0) is 25.7 Å². The first kappa shape index (κ1) is 26.5.